The predicted molar refractivity (Wildman–Crippen MR) is 125 cm³/mol. The molecular formula is C26H34N2O6. The first-order valence-electron chi connectivity index (χ1n) is 12.3. The van der Waals surface area contributed by atoms with Gasteiger partial charge in [0.25, 0.3) is 0 Å². The molecule has 184 valence electrons. The topological polar surface area (TPSA) is 116 Å². The predicted octanol–water partition coefficient (Wildman–Crippen LogP) is 1.84. The van der Waals surface area contributed by atoms with E-state index in [-0.39, 0.29) is 43.2 Å². The lowest BCUT2D eigenvalue weighted by molar-refractivity contribution is -0.140. The van der Waals surface area contributed by atoms with E-state index in [9.17, 15) is 24.6 Å². The molecule has 8 nitrogen and oxygen atoms in total. The number of nitrogens with one attached hydrogen (secondary N) is 1. The Morgan fingerprint density at radius 1 is 1.15 bits per heavy atom. The fourth-order valence-corrected chi connectivity index (χ4v) is 5.58. The first kappa shape index (κ1) is 24.4. The third-order valence-corrected chi connectivity index (χ3v) is 7.12. The number of hydrogen-bond donors (Lipinski definition) is 3. The average Bonchev–Trinajstić information content (AvgIpc) is 3.47. The van der Waals surface area contributed by atoms with Crippen molar-refractivity contribution in [1.82, 2.24) is 10.2 Å². The van der Waals surface area contributed by atoms with Crippen molar-refractivity contribution < 1.29 is 29.3 Å². The van der Waals surface area contributed by atoms with Gasteiger partial charge < -0.3 is 30.0 Å². The molecule has 2 amide bonds. The maximum Gasteiger partial charge on any atom is 0.247 e. The summed E-state index contributed by atoms with van der Waals surface area (Å²) in [5, 5.41) is 23.4. The summed E-state index contributed by atoms with van der Waals surface area (Å²) in [6.07, 6.45) is 4.73. The van der Waals surface area contributed by atoms with Crippen molar-refractivity contribution in [2.45, 2.75) is 82.1 Å². The van der Waals surface area contributed by atoms with Crippen LogP contribution in [0.4, 0.5) is 0 Å². The molecule has 34 heavy (non-hydrogen) atoms. The minimum Gasteiger partial charge on any atom is -0.486 e. The number of ketones is 1. The summed E-state index contributed by atoms with van der Waals surface area (Å²) in [4.78, 5) is 39.7. The van der Waals surface area contributed by atoms with Crippen LogP contribution in [0.3, 0.4) is 0 Å². The highest BCUT2D eigenvalue weighted by molar-refractivity contribution is 5.96. The van der Waals surface area contributed by atoms with E-state index < -0.39 is 24.2 Å². The quantitative estimate of drug-likeness (QED) is 0.507. The van der Waals surface area contributed by atoms with Gasteiger partial charge in [0.2, 0.25) is 11.8 Å². The Morgan fingerprint density at radius 2 is 1.88 bits per heavy atom. The van der Waals surface area contributed by atoms with E-state index in [2.05, 4.69) is 5.32 Å². The van der Waals surface area contributed by atoms with Crippen LogP contribution in [-0.2, 0) is 14.4 Å². The molecule has 1 aromatic carbocycles. The van der Waals surface area contributed by atoms with Crippen LogP contribution >= 0.6 is 0 Å². The molecule has 8 heteroatoms. The summed E-state index contributed by atoms with van der Waals surface area (Å²) < 4.78 is 6.14. The normalized spacial score (nSPS) is 25.7. The summed E-state index contributed by atoms with van der Waals surface area (Å²) in [5.41, 5.74) is 1.27. The number of carbonyl (C=O) groups is 3. The molecule has 1 aliphatic heterocycles. The average molecular weight is 471 g/mol. The van der Waals surface area contributed by atoms with Gasteiger partial charge in [-0.1, -0.05) is 31.0 Å². The van der Waals surface area contributed by atoms with E-state index in [0.29, 0.717) is 24.2 Å². The minimum absolute atomic E-state index is 0.0252. The Hall–Kier alpha value is -2.71. The van der Waals surface area contributed by atoms with E-state index in [4.69, 9.17) is 4.74 Å². The number of Topliss-reactive ketones (excluding diaryl/α,β-unsaturated/α-hetero) is 1. The molecule has 1 aromatic rings. The van der Waals surface area contributed by atoms with Gasteiger partial charge in [-0.15, -0.1) is 0 Å². The molecule has 0 spiro atoms. The van der Waals surface area contributed by atoms with Gasteiger partial charge in [0.15, 0.2) is 0 Å². The Bertz CT molecular complexity index is 954. The van der Waals surface area contributed by atoms with Crippen molar-refractivity contribution in [2.75, 3.05) is 13.2 Å². The lowest BCUT2D eigenvalue weighted by Crippen LogP contribution is -2.58. The maximum atomic E-state index is 13.4. The number of rotatable bonds is 9. The highest BCUT2D eigenvalue weighted by Crippen LogP contribution is 2.47. The third-order valence-electron chi connectivity index (χ3n) is 7.12. The molecular weight excluding hydrogens is 436 g/mol. The van der Waals surface area contributed by atoms with Gasteiger partial charge in [-0.2, -0.15) is 0 Å². The molecule has 0 bridgehead atoms. The van der Waals surface area contributed by atoms with E-state index in [1.54, 1.807) is 11.0 Å². The first-order valence-corrected chi connectivity index (χ1v) is 12.3. The first-order chi connectivity index (χ1) is 16.4. The lowest BCUT2D eigenvalue weighted by atomic mass is 9.77. The smallest absolute Gasteiger partial charge is 0.247 e. The molecule has 4 unspecified atom stereocenters. The fourth-order valence-electron chi connectivity index (χ4n) is 5.58. The van der Waals surface area contributed by atoms with Gasteiger partial charge in [0.1, 0.15) is 23.7 Å². The second kappa shape index (κ2) is 10.7. The van der Waals surface area contributed by atoms with Crippen molar-refractivity contribution in [3.8, 4) is 5.75 Å². The molecule has 0 radical (unpaired) electrons. The summed E-state index contributed by atoms with van der Waals surface area (Å²) in [6.45, 7) is 1.44. The second-order valence-corrected chi connectivity index (χ2v) is 9.48. The zero-order chi connectivity index (χ0) is 24.2. The van der Waals surface area contributed by atoms with Gasteiger partial charge >= 0.3 is 0 Å². The molecule has 0 saturated heterocycles. The van der Waals surface area contributed by atoms with Crippen molar-refractivity contribution in [3.63, 3.8) is 0 Å². The maximum absolute atomic E-state index is 13.4. The SMILES string of the molecule is CC(=O)CCCC(=O)N(C1CCCC1)C1C=C(C(=O)NCCO)C2c3ccccc3OC2C1O. The van der Waals surface area contributed by atoms with E-state index in [0.717, 1.165) is 31.2 Å². The Kier molecular flexibility index (Phi) is 7.68. The van der Waals surface area contributed by atoms with Crippen LogP contribution in [0.15, 0.2) is 35.9 Å². The number of hydrogen-bond acceptors (Lipinski definition) is 6. The standard InChI is InChI=1S/C26H34N2O6/c1-16(30)7-6-12-22(31)28(17-8-2-3-9-17)20-15-19(26(33)27-13-14-29)23-18-10-4-5-11-21(18)34-25(23)24(20)32/h4-5,10-11,15,17,20,23-25,29,32H,2-3,6-9,12-14H2,1H3,(H,27,33). The molecule has 4 rings (SSSR count). The molecule has 1 saturated carbocycles. The molecule has 4 atom stereocenters. The summed E-state index contributed by atoms with van der Waals surface area (Å²) >= 11 is 0. The van der Waals surface area contributed by atoms with Crippen LogP contribution in [0.25, 0.3) is 0 Å². The summed E-state index contributed by atoms with van der Waals surface area (Å²) in [6, 6.07) is 6.69. The van der Waals surface area contributed by atoms with Crippen molar-refractivity contribution in [3.05, 3.63) is 41.5 Å². The van der Waals surface area contributed by atoms with Gasteiger partial charge in [0.05, 0.1) is 18.6 Å². The second-order valence-electron chi connectivity index (χ2n) is 9.48. The van der Waals surface area contributed by atoms with Gasteiger partial charge in [-0.05, 0) is 38.3 Å². The van der Waals surface area contributed by atoms with Crippen molar-refractivity contribution >= 4 is 17.6 Å². The van der Waals surface area contributed by atoms with E-state index in [1.165, 1.54) is 6.92 Å². The minimum atomic E-state index is -1.01. The Morgan fingerprint density at radius 3 is 2.59 bits per heavy atom. The van der Waals surface area contributed by atoms with Crippen LogP contribution in [0, 0.1) is 0 Å². The van der Waals surface area contributed by atoms with Gasteiger partial charge in [-0.3, -0.25) is 9.59 Å². The Labute approximate surface area is 200 Å². The largest absolute Gasteiger partial charge is 0.486 e. The fraction of sp³-hybridized carbons (Fsp3) is 0.577. The number of ether oxygens (including phenoxy) is 1. The highest BCUT2D eigenvalue weighted by Gasteiger charge is 2.51. The molecule has 1 heterocycles. The third kappa shape index (κ3) is 4.88. The number of benzene rings is 1. The molecule has 1 fully saturated rings. The van der Waals surface area contributed by atoms with Crippen molar-refractivity contribution in [1.29, 1.82) is 0 Å². The van der Waals surface area contributed by atoms with Crippen LogP contribution in [0.5, 0.6) is 5.75 Å². The zero-order valence-electron chi connectivity index (χ0n) is 19.6. The van der Waals surface area contributed by atoms with Crippen LogP contribution < -0.4 is 10.1 Å². The van der Waals surface area contributed by atoms with E-state index >= 15 is 0 Å². The number of carbonyl (C=O) groups excluding carboxylic acids is 3. The van der Waals surface area contributed by atoms with Crippen LogP contribution in [0.2, 0.25) is 0 Å². The molecule has 3 N–H and O–H groups in total. The molecule has 0 aromatic heterocycles. The van der Waals surface area contributed by atoms with Gasteiger partial charge in [-0.25, -0.2) is 0 Å². The lowest BCUT2D eigenvalue weighted by Gasteiger charge is -2.43. The highest BCUT2D eigenvalue weighted by atomic mass is 16.5. The summed E-state index contributed by atoms with van der Waals surface area (Å²) in [7, 11) is 0. The number of amides is 2. The zero-order valence-corrected chi connectivity index (χ0v) is 19.6. The number of aliphatic hydroxyl groups excluding tert-OH is 2. The molecule has 3 aliphatic rings. The van der Waals surface area contributed by atoms with Crippen LogP contribution in [0.1, 0.15) is 63.4 Å². The number of aliphatic hydroxyl groups is 2. The molecule has 2 aliphatic carbocycles. The van der Waals surface area contributed by atoms with Crippen LogP contribution in [-0.4, -0.2) is 70.2 Å². The Balaban J connectivity index is 1.69. The number of nitrogens with zero attached hydrogens (tertiary/aromatic N) is 1. The number of fused-ring (bicyclic) bond motifs is 3. The van der Waals surface area contributed by atoms with Crippen molar-refractivity contribution in [2.24, 2.45) is 0 Å². The monoisotopic (exact) mass is 470 g/mol. The summed E-state index contributed by atoms with van der Waals surface area (Å²) in [5.74, 6) is -0.243. The van der Waals surface area contributed by atoms with E-state index in [1.807, 2.05) is 24.3 Å². The number of para-hydroxylation sites is 1. The van der Waals surface area contributed by atoms with Gasteiger partial charge in [0, 0.05) is 36.6 Å².